The Bertz CT molecular complexity index is 923. The fraction of sp³-hybridized carbons (Fsp3) is 0.100. The predicted octanol–water partition coefficient (Wildman–Crippen LogP) is 3.40. The zero-order valence-electron chi connectivity index (χ0n) is 14.1. The van der Waals surface area contributed by atoms with Crippen LogP contribution in [0.4, 0.5) is 0 Å². The maximum atomic E-state index is 12.8. The molecule has 0 spiro atoms. The van der Waals surface area contributed by atoms with Crippen molar-refractivity contribution in [2.75, 3.05) is 0 Å². The van der Waals surface area contributed by atoms with E-state index in [1.54, 1.807) is 30.3 Å². The Labute approximate surface area is 165 Å². The van der Waals surface area contributed by atoms with Gasteiger partial charge in [0.2, 0.25) is 0 Å². The molecule has 0 radical (unpaired) electrons. The van der Waals surface area contributed by atoms with Gasteiger partial charge in [0.05, 0.1) is 4.91 Å². The molecule has 1 amide bonds. The minimum absolute atomic E-state index is 0.171. The number of thiocarbonyl (C=S) groups is 1. The Hall–Kier alpha value is -2.77. The minimum atomic E-state index is -1.10. The van der Waals surface area contributed by atoms with Gasteiger partial charge in [-0.2, -0.15) is 0 Å². The first-order valence-electron chi connectivity index (χ1n) is 8.08. The summed E-state index contributed by atoms with van der Waals surface area (Å²) in [6, 6.07) is 14.8. The van der Waals surface area contributed by atoms with E-state index in [1.165, 1.54) is 4.90 Å². The van der Waals surface area contributed by atoms with Gasteiger partial charge in [0.15, 0.2) is 0 Å². The number of carboxylic acids is 1. The predicted molar refractivity (Wildman–Crippen MR) is 108 cm³/mol. The molecular formula is C20H15NO4S2. The van der Waals surface area contributed by atoms with E-state index in [2.05, 4.69) is 0 Å². The lowest BCUT2D eigenvalue weighted by Crippen LogP contribution is -2.45. The maximum absolute atomic E-state index is 12.8. The fourth-order valence-corrected chi connectivity index (χ4v) is 4.05. The molecule has 0 saturated carbocycles. The zero-order valence-corrected chi connectivity index (χ0v) is 15.7. The molecule has 1 N–H and O–H groups in total. The molecule has 2 aromatic carbocycles. The fourth-order valence-electron chi connectivity index (χ4n) is 2.70. The van der Waals surface area contributed by atoms with Crippen molar-refractivity contribution in [3.8, 4) is 0 Å². The highest BCUT2D eigenvalue weighted by Gasteiger charge is 2.40. The highest BCUT2D eigenvalue weighted by atomic mass is 32.2. The number of carbonyl (C=O) groups is 3. The average Bonchev–Trinajstić information content (AvgIpc) is 2.94. The molecule has 2 aromatic rings. The number of aldehydes is 1. The first-order chi connectivity index (χ1) is 13.0. The summed E-state index contributed by atoms with van der Waals surface area (Å²) in [6.07, 6.45) is 2.56. The summed E-state index contributed by atoms with van der Waals surface area (Å²) >= 11 is 6.36. The van der Waals surface area contributed by atoms with Crippen LogP contribution < -0.4 is 0 Å². The number of thioether (sulfide) groups is 1. The second kappa shape index (κ2) is 8.28. The number of carbonyl (C=O) groups excluding carboxylic acids is 2. The number of aliphatic carboxylic acids is 1. The van der Waals surface area contributed by atoms with Crippen LogP contribution in [0.25, 0.3) is 6.08 Å². The van der Waals surface area contributed by atoms with Crippen molar-refractivity contribution in [3.63, 3.8) is 0 Å². The molecule has 3 rings (SSSR count). The van der Waals surface area contributed by atoms with Gasteiger partial charge in [-0.05, 0) is 17.2 Å². The summed E-state index contributed by atoms with van der Waals surface area (Å²) < 4.78 is 0.221. The number of nitrogens with zero attached hydrogens (tertiary/aromatic N) is 1. The van der Waals surface area contributed by atoms with Crippen LogP contribution in [-0.4, -0.2) is 38.5 Å². The van der Waals surface area contributed by atoms with Crippen LogP contribution in [0.5, 0.6) is 0 Å². The Morgan fingerprint density at radius 1 is 1.11 bits per heavy atom. The first kappa shape index (κ1) is 19.0. The third-order valence-electron chi connectivity index (χ3n) is 4.06. The van der Waals surface area contributed by atoms with Crippen molar-refractivity contribution in [2.24, 2.45) is 0 Å². The van der Waals surface area contributed by atoms with E-state index in [1.807, 2.05) is 30.3 Å². The van der Waals surface area contributed by atoms with E-state index in [0.29, 0.717) is 10.5 Å². The molecule has 0 aliphatic carbocycles. The van der Waals surface area contributed by atoms with Crippen LogP contribution in [0.1, 0.15) is 21.5 Å². The summed E-state index contributed by atoms with van der Waals surface area (Å²) in [5.41, 5.74) is 2.08. The number of hydrogen-bond donors (Lipinski definition) is 1. The maximum Gasteiger partial charge on any atom is 0.327 e. The van der Waals surface area contributed by atoms with Crippen molar-refractivity contribution in [1.29, 1.82) is 0 Å². The average molecular weight is 397 g/mol. The molecule has 136 valence electrons. The van der Waals surface area contributed by atoms with E-state index in [4.69, 9.17) is 12.2 Å². The van der Waals surface area contributed by atoms with E-state index < -0.39 is 17.9 Å². The van der Waals surface area contributed by atoms with Crippen LogP contribution >= 0.6 is 24.0 Å². The molecule has 1 unspecified atom stereocenters. The van der Waals surface area contributed by atoms with Crippen molar-refractivity contribution >= 4 is 52.5 Å². The Morgan fingerprint density at radius 2 is 1.74 bits per heavy atom. The van der Waals surface area contributed by atoms with Gasteiger partial charge in [-0.3, -0.25) is 14.5 Å². The van der Waals surface area contributed by atoms with Gasteiger partial charge in [0, 0.05) is 12.0 Å². The molecule has 1 aliphatic rings. The van der Waals surface area contributed by atoms with Gasteiger partial charge in [-0.25, -0.2) is 4.79 Å². The molecule has 5 nitrogen and oxygen atoms in total. The van der Waals surface area contributed by atoms with E-state index in [0.717, 1.165) is 29.2 Å². The molecule has 1 heterocycles. The molecule has 1 saturated heterocycles. The summed E-state index contributed by atoms with van der Waals surface area (Å²) in [6.45, 7) is 0. The summed E-state index contributed by atoms with van der Waals surface area (Å²) in [5.74, 6) is -1.53. The molecule has 0 aromatic heterocycles. The molecular weight excluding hydrogens is 382 g/mol. The number of hydrogen-bond acceptors (Lipinski definition) is 5. The van der Waals surface area contributed by atoms with E-state index in [-0.39, 0.29) is 10.7 Å². The van der Waals surface area contributed by atoms with E-state index in [9.17, 15) is 19.5 Å². The Kier molecular flexibility index (Phi) is 5.83. The van der Waals surface area contributed by atoms with Gasteiger partial charge in [-0.15, -0.1) is 0 Å². The van der Waals surface area contributed by atoms with Crippen LogP contribution in [0.2, 0.25) is 0 Å². The van der Waals surface area contributed by atoms with Crippen molar-refractivity contribution in [1.82, 2.24) is 4.90 Å². The SMILES string of the molecule is O=Cc1ccc(/C=C2\SC(=S)N(C(Cc3ccccc3)C(=O)O)C2=O)cc1. The van der Waals surface area contributed by atoms with Crippen LogP contribution in [0, 0.1) is 0 Å². The van der Waals surface area contributed by atoms with Gasteiger partial charge < -0.3 is 5.11 Å². The molecule has 1 aliphatic heterocycles. The number of rotatable bonds is 6. The largest absolute Gasteiger partial charge is 0.480 e. The van der Waals surface area contributed by atoms with Crippen molar-refractivity contribution in [3.05, 3.63) is 76.2 Å². The third-order valence-corrected chi connectivity index (χ3v) is 5.39. The number of amides is 1. The summed E-state index contributed by atoms with van der Waals surface area (Å²) in [5, 5.41) is 9.65. The monoisotopic (exact) mass is 397 g/mol. The normalized spacial score (nSPS) is 16.6. The topological polar surface area (TPSA) is 74.7 Å². The molecule has 1 fully saturated rings. The lowest BCUT2D eigenvalue weighted by Gasteiger charge is -2.23. The smallest absolute Gasteiger partial charge is 0.327 e. The van der Waals surface area contributed by atoms with Crippen molar-refractivity contribution < 1.29 is 19.5 Å². The number of benzene rings is 2. The number of carboxylic acid groups (broad SMARTS) is 1. The van der Waals surface area contributed by atoms with Gasteiger partial charge in [0.25, 0.3) is 5.91 Å². The highest BCUT2D eigenvalue weighted by molar-refractivity contribution is 8.26. The lowest BCUT2D eigenvalue weighted by molar-refractivity contribution is -0.145. The molecule has 7 heteroatoms. The van der Waals surface area contributed by atoms with Crippen LogP contribution in [0.15, 0.2) is 59.5 Å². The van der Waals surface area contributed by atoms with Gasteiger partial charge in [-0.1, -0.05) is 78.6 Å². The quantitative estimate of drug-likeness (QED) is 0.458. The van der Waals surface area contributed by atoms with E-state index >= 15 is 0 Å². The third kappa shape index (κ3) is 4.32. The highest BCUT2D eigenvalue weighted by Crippen LogP contribution is 2.34. The molecule has 0 bridgehead atoms. The molecule has 27 heavy (non-hydrogen) atoms. The summed E-state index contributed by atoms with van der Waals surface area (Å²) in [4.78, 5) is 36.9. The second-order valence-corrected chi connectivity index (χ2v) is 7.56. The lowest BCUT2D eigenvalue weighted by atomic mass is 10.0. The standard InChI is InChI=1S/C20H15NO4S2/c22-12-15-8-6-14(7-9-15)11-17-18(23)21(20(26)27-17)16(19(24)25)10-13-4-2-1-3-5-13/h1-9,11-12,16H,10H2,(H,24,25)/b17-11-. The van der Waals surface area contributed by atoms with Gasteiger partial charge in [0.1, 0.15) is 16.6 Å². The van der Waals surface area contributed by atoms with Crippen molar-refractivity contribution in [2.45, 2.75) is 12.5 Å². The summed E-state index contributed by atoms with van der Waals surface area (Å²) in [7, 11) is 0. The Morgan fingerprint density at radius 3 is 2.33 bits per heavy atom. The van der Waals surface area contributed by atoms with Crippen LogP contribution in [-0.2, 0) is 16.0 Å². The van der Waals surface area contributed by atoms with Crippen LogP contribution in [0.3, 0.4) is 0 Å². The second-order valence-electron chi connectivity index (χ2n) is 5.88. The van der Waals surface area contributed by atoms with Gasteiger partial charge >= 0.3 is 5.97 Å². The Balaban J connectivity index is 1.85. The molecule has 1 atom stereocenters. The first-order valence-corrected chi connectivity index (χ1v) is 9.31. The zero-order chi connectivity index (χ0) is 19.4. The minimum Gasteiger partial charge on any atom is -0.480 e.